The van der Waals surface area contributed by atoms with Crippen molar-refractivity contribution in [1.29, 1.82) is 0 Å². The Kier molecular flexibility index (Phi) is 2.66. The van der Waals surface area contributed by atoms with E-state index in [-0.39, 0.29) is 0 Å². The zero-order valence-electron chi connectivity index (χ0n) is 9.35. The lowest BCUT2D eigenvalue weighted by Gasteiger charge is -2.16. The van der Waals surface area contributed by atoms with Crippen LogP contribution < -0.4 is 5.73 Å². The third-order valence-electron chi connectivity index (χ3n) is 2.91. The molecule has 0 bridgehead atoms. The molecule has 0 amide bonds. The van der Waals surface area contributed by atoms with Gasteiger partial charge in [0.25, 0.3) is 0 Å². The van der Waals surface area contributed by atoms with Crippen LogP contribution in [0.5, 0.6) is 0 Å². The van der Waals surface area contributed by atoms with Gasteiger partial charge in [-0.25, -0.2) is 4.99 Å². The molecular formula is C11H18N4. The number of rotatable bonds is 3. The zero-order chi connectivity index (χ0) is 10.8. The SMILES string of the molecule is CN(C(N)=NCc1cccn1C)C1CC1. The Morgan fingerprint density at radius 1 is 1.67 bits per heavy atom. The maximum Gasteiger partial charge on any atom is 0.191 e. The summed E-state index contributed by atoms with van der Waals surface area (Å²) < 4.78 is 2.06. The summed E-state index contributed by atoms with van der Waals surface area (Å²) >= 11 is 0. The highest BCUT2D eigenvalue weighted by Crippen LogP contribution is 2.24. The summed E-state index contributed by atoms with van der Waals surface area (Å²) in [5, 5.41) is 0. The molecule has 1 aromatic heterocycles. The number of guanidine groups is 1. The fourth-order valence-electron chi connectivity index (χ4n) is 1.58. The maximum atomic E-state index is 5.89. The molecule has 1 aromatic rings. The lowest BCUT2D eigenvalue weighted by Crippen LogP contribution is -2.35. The molecule has 15 heavy (non-hydrogen) atoms. The number of aryl methyl sites for hydroxylation is 1. The van der Waals surface area contributed by atoms with Gasteiger partial charge in [-0.2, -0.15) is 0 Å². The molecule has 0 aliphatic heterocycles. The van der Waals surface area contributed by atoms with Gasteiger partial charge in [-0.3, -0.25) is 0 Å². The fourth-order valence-corrected chi connectivity index (χ4v) is 1.58. The Bertz CT molecular complexity index is 362. The average Bonchev–Trinajstić information content (AvgIpc) is 2.99. The van der Waals surface area contributed by atoms with Crippen LogP contribution in [0.4, 0.5) is 0 Å². The van der Waals surface area contributed by atoms with Gasteiger partial charge in [-0.1, -0.05) is 0 Å². The Morgan fingerprint density at radius 2 is 2.40 bits per heavy atom. The van der Waals surface area contributed by atoms with E-state index in [1.807, 2.05) is 26.4 Å². The third-order valence-corrected chi connectivity index (χ3v) is 2.91. The molecule has 1 heterocycles. The maximum absolute atomic E-state index is 5.89. The van der Waals surface area contributed by atoms with E-state index in [0.29, 0.717) is 18.5 Å². The Morgan fingerprint density at radius 3 is 2.93 bits per heavy atom. The first kappa shape index (κ1) is 10.1. The molecule has 0 spiro atoms. The van der Waals surface area contributed by atoms with Crippen molar-refractivity contribution in [1.82, 2.24) is 9.47 Å². The second kappa shape index (κ2) is 3.96. The van der Waals surface area contributed by atoms with E-state index >= 15 is 0 Å². The van der Waals surface area contributed by atoms with Gasteiger partial charge < -0.3 is 15.2 Å². The van der Waals surface area contributed by atoms with Crippen LogP contribution in [0.15, 0.2) is 23.3 Å². The van der Waals surface area contributed by atoms with E-state index < -0.39 is 0 Å². The van der Waals surface area contributed by atoms with Crippen LogP contribution in [0.2, 0.25) is 0 Å². The molecule has 0 saturated heterocycles. The van der Waals surface area contributed by atoms with Gasteiger partial charge in [-0.15, -0.1) is 0 Å². The van der Waals surface area contributed by atoms with Gasteiger partial charge in [0.2, 0.25) is 0 Å². The minimum absolute atomic E-state index is 0.627. The molecule has 4 nitrogen and oxygen atoms in total. The number of hydrogen-bond acceptors (Lipinski definition) is 1. The molecule has 0 unspecified atom stereocenters. The molecule has 2 rings (SSSR count). The van der Waals surface area contributed by atoms with Gasteiger partial charge in [0, 0.05) is 32.0 Å². The van der Waals surface area contributed by atoms with Crippen LogP contribution in [0.3, 0.4) is 0 Å². The highest BCUT2D eigenvalue weighted by molar-refractivity contribution is 5.78. The number of aromatic nitrogens is 1. The summed E-state index contributed by atoms with van der Waals surface area (Å²) in [6.45, 7) is 0.659. The van der Waals surface area contributed by atoms with Crippen molar-refractivity contribution in [2.45, 2.75) is 25.4 Å². The van der Waals surface area contributed by atoms with Crippen molar-refractivity contribution in [2.75, 3.05) is 7.05 Å². The Labute approximate surface area is 90.4 Å². The van der Waals surface area contributed by atoms with E-state index in [0.717, 1.165) is 0 Å². The monoisotopic (exact) mass is 206 g/mol. The standard InChI is InChI=1S/C11H18N4/c1-14-7-3-4-10(14)8-13-11(12)15(2)9-5-6-9/h3-4,7,9H,5-6,8H2,1-2H3,(H2,12,13). The molecule has 1 aliphatic carbocycles. The van der Waals surface area contributed by atoms with Crippen molar-refractivity contribution < 1.29 is 0 Å². The number of aliphatic imine (C=N–C) groups is 1. The first-order chi connectivity index (χ1) is 7.18. The van der Waals surface area contributed by atoms with Gasteiger partial charge in [0.05, 0.1) is 6.54 Å². The van der Waals surface area contributed by atoms with E-state index in [2.05, 4.69) is 20.5 Å². The molecule has 1 aliphatic rings. The second-order valence-electron chi connectivity index (χ2n) is 4.13. The molecule has 2 N–H and O–H groups in total. The highest BCUT2D eigenvalue weighted by atomic mass is 15.3. The lowest BCUT2D eigenvalue weighted by molar-refractivity contribution is 0.487. The lowest BCUT2D eigenvalue weighted by atomic mass is 10.4. The second-order valence-corrected chi connectivity index (χ2v) is 4.13. The van der Waals surface area contributed by atoms with Crippen molar-refractivity contribution in [3.8, 4) is 0 Å². The highest BCUT2D eigenvalue weighted by Gasteiger charge is 2.27. The first-order valence-electron chi connectivity index (χ1n) is 5.31. The quantitative estimate of drug-likeness (QED) is 0.591. The molecule has 0 atom stereocenters. The van der Waals surface area contributed by atoms with Crippen LogP contribution in [0, 0.1) is 0 Å². The number of nitrogens with zero attached hydrogens (tertiary/aromatic N) is 3. The third kappa shape index (κ3) is 2.32. The minimum atomic E-state index is 0.627. The van der Waals surface area contributed by atoms with E-state index in [9.17, 15) is 0 Å². The number of nitrogens with two attached hydrogens (primary N) is 1. The summed E-state index contributed by atoms with van der Waals surface area (Å²) in [5.74, 6) is 0.652. The molecule has 1 saturated carbocycles. The minimum Gasteiger partial charge on any atom is -0.370 e. The molecule has 1 fully saturated rings. The van der Waals surface area contributed by atoms with Crippen molar-refractivity contribution >= 4 is 5.96 Å². The Hall–Kier alpha value is -1.45. The molecule has 82 valence electrons. The zero-order valence-corrected chi connectivity index (χ0v) is 9.35. The predicted octanol–water partition coefficient (Wildman–Crippen LogP) is 0.934. The normalized spacial score (nSPS) is 16.8. The predicted molar refractivity (Wildman–Crippen MR) is 61.5 cm³/mol. The smallest absolute Gasteiger partial charge is 0.191 e. The van der Waals surface area contributed by atoms with Crippen LogP contribution in [-0.4, -0.2) is 28.5 Å². The van der Waals surface area contributed by atoms with E-state index in [1.165, 1.54) is 18.5 Å². The summed E-state index contributed by atoms with van der Waals surface area (Å²) in [4.78, 5) is 6.46. The Balaban J connectivity index is 1.95. The largest absolute Gasteiger partial charge is 0.370 e. The summed E-state index contributed by atoms with van der Waals surface area (Å²) in [6.07, 6.45) is 4.51. The topological polar surface area (TPSA) is 46.5 Å². The van der Waals surface area contributed by atoms with Gasteiger partial charge >= 0.3 is 0 Å². The van der Waals surface area contributed by atoms with Crippen LogP contribution in [0.1, 0.15) is 18.5 Å². The number of hydrogen-bond donors (Lipinski definition) is 1. The molecule has 4 heteroatoms. The summed E-state index contributed by atoms with van der Waals surface area (Å²) in [5.41, 5.74) is 7.07. The summed E-state index contributed by atoms with van der Waals surface area (Å²) in [7, 11) is 4.03. The average molecular weight is 206 g/mol. The molecule has 0 aromatic carbocycles. The van der Waals surface area contributed by atoms with Crippen molar-refractivity contribution in [3.05, 3.63) is 24.0 Å². The van der Waals surface area contributed by atoms with Crippen molar-refractivity contribution in [2.24, 2.45) is 17.8 Å². The molecule has 0 radical (unpaired) electrons. The van der Waals surface area contributed by atoms with Crippen molar-refractivity contribution in [3.63, 3.8) is 0 Å². The van der Waals surface area contributed by atoms with E-state index in [1.54, 1.807) is 0 Å². The van der Waals surface area contributed by atoms with Gasteiger partial charge in [0.15, 0.2) is 5.96 Å². The van der Waals surface area contributed by atoms with Crippen LogP contribution >= 0.6 is 0 Å². The molecular weight excluding hydrogens is 188 g/mol. The van der Waals surface area contributed by atoms with Crippen LogP contribution in [-0.2, 0) is 13.6 Å². The van der Waals surface area contributed by atoms with Gasteiger partial charge in [-0.05, 0) is 25.0 Å². The van der Waals surface area contributed by atoms with E-state index in [4.69, 9.17) is 5.73 Å². The fraction of sp³-hybridized carbons (Fsp3) is 0.545. The van der Waals surface area contributed by atoms with Gasteiger partial charge in [0.1, 0.15) is 0 Å². The first-order valence-corrected chi connectivity index (χ1v) is 5.31. The van der Waals surface area contributed by atoms with Crippen LogP contribution in [0.25, 0.3) is 0 Å². The summed E-state index contributed by atoms with van der Waals surface area (Å²) in [6, 6.07) is 4.71.